The van der Waals surface area contributed by atoms with E-state index in [-0.39, 0.29) is 11.9 Å². The lowest BCUT2D eigenvalue weighted by molar-refractivity contribution is 0.620. The summed E-state index contributed by atoms with van der Waals surface area (Å²) in [7, 11) is 0. The summed E-state index contributed by atoms with van der Waals surface area (Å²) >= 11 is 0. The Morgan fingerprint density at radius 3 is 2.79 bits per heavy atom. The van der Waals surface area contributed by atoms with Crippen molar-refractivity contribution in [2.45, 2.75) is 32.7 Å². The molecule has 2 nitrogen and oxygen atoms in total. The predicted octanol–water partition coefficient (Wildman–Crippen LogP) is 3.33. The van der Waals surface area contributed by atoms with Gasteiger partial charge in [0.05, 0.1) is 0 Å². The molecule has 0 saturated carbocycles. The van der Waals surface area contributed by atoms with E-state index in [0.717, 1.165) is 28.7 Å². The quantitative estimate of drug-likeness (QED) is 0.913. The first-order valence-electron chi connectivity index (χ1n) is 6.55. The van der Waals surface area contributed by atoms with E-state index in [2.05, 4.69) is 11.9 Å². The van der Waals surface area contributed by atoms with Crippen LogP contribution in [0.2, 0.25) is 0 Å². The maximum absolute atomic E-state index is 13.3. The SMILES string of the molecule is CCc1cnccc1C(N)Cc1cc(F)ccc1C. The van der Waals surface area contributed by atoms with Crippen LogP contribution in [-0.2, 0) is 12.8 Å². The van der Waals surface area contributed by atoms with Gasteiger partial charge in [0.2, 0.25) is 0 Å². The van der Waals surface area contributed by atoms with Crippen molar-refractivity contribution in [1.82, 2.24) is 4.98 Å². The molecule has 1 aromatic carbocycles. The minimum Gasteiger partial charge on any atom is -0.324 e. The van der Waals surface area contributed by atoms with E-state index in [4.69, 9.17) is 5.73 Å². The lowest BCUT2D eigenvalue weighted by atomic mass is 9.94. The Labute approximate surface area is 113 Å². The van der Waals surface area contributed by atoms with Gasteiger partial charge in [-0.3, -0.25) is 4.98 Å². The molecular formula is C16H19FN2. The fraction of sp³-hybridized carbons (Fsp3) is 0.312. The number of rotatable bonds is 4. The molecule has 1 atom stereocenters. The average molecular weight is 258 g/mol. The molecule has 19 heavy (non-hydrogen) atoms. The van der Waals surface area contributed by atoms with Crippen LogP contribution < -0.4 is 5.73 Å². The minimum atomic E-state index is -0.210. The molecule has 0 spiro atoms. The molecule has 2 rings (SSSR count). The molecule has 0 fully saturated rings. The zero-order valence-electron chi connectivity index (χ0n) is 11.4. The first kappa shape index (κ1) is 13.7. The van der Waals surface area contributed by atoms with Crippen LogP contribution in [0.3, 0.4) is 0 Å². The van der Waals surface area contributed by atoms with Gasteiger partial charge in [0.15, 0.2) is 0 Å². The third-order valence-electron chi connectivity index (χ3n) is 3.47. The molecular weight excluding hydrogens is 239 g/mol. The van der Waals surface area contributed by atoms with Gasteiger partial charge >= 0.3 is 0 Å². The van der Waals surface area contributed by atoms with Crippen molar-refractivity contribution in [3.8, 4) is 0 Å². The summed E-state index contributed by atoms with van der Waals surface area (Å²) in [5.41, 5.74) is 10.6. The number of benzene rings is 1. The van der Waals surface area contributed by atoms with Crippen LogP contribution in [0.25, 0.3) is 0 Å². The van der Waals surface area contributed by atoms with Gasteiger partial charge in [-0.25, -0.2) is 4.39 Å². The highest BCUT2D eigenvalue weighted by Gasteiger charge is 2.12. The summed E-state index contributed by atoms with van der Waals surface area (Å²) in [6, 6.07) is 6.68. The number of aryl methyl sites for hydroxylation is 2. The van der Waals surface area contributed by atoms with Crippen LogP contribution in [0.5, 0.6) is 0 Å². The normalized spacial score (nSPS) is 12.4. The van der Waals surface area contributed by atoms with E-state index < -0.39 is 0 Å². The predicted molar refractivity (Wildman–Crippen MR) is 75.4 cm³/mol. The van der Waals surface area contributed by atoms with E-state index in [9.17, 15) is 4.39 Å². The Bertz CT molecular complexity index is 566. The van der Waals surface area contributed by atoms with Crippen molar-refractivity contribution in [2.24, 2.45) is 5.73 Å². The third kappa shape index (κ3) is 3.18. The molecule has 0 radical (unpaired) electrons. The van der Waals surface area contributed by atoms with Gasteiger partial charge in [0.25, 0.3) is 0 Å². The van der Waals surface area contributed by atoms with Crippen molar-refractivity contribution in [3.63, 3.8) is 0 Å². The Morgan fingerprint density at radius 2 is 2.05 bits per heavy atom. The van der Waals surface area contributed by atoms with Crippen LogP contribution in [0.1, 0.15) is 35.2 Å². The summed E-state index contributed by atoms with van der Waals surface area (Å²) in [5, 5.41) is 0. The van der Waals surface area contributed by atoms with E-state index in [1.807, 2.05) is 19.2 Å². The minimum absolute atomic E-state index is 0.126. The Morgan fingerprint density at radius 1 is 1.26 bits per heavy atom. The van der Waals surface area contributed by atoms with Crippen LogP contribution in [-0.4, -0.2) is 4.98 Å². The second kappa shape index (κ2) is 5.93. The van der Waals surface area contributed by atoms with E-state index in [1.54, 1.807) is 18.3 Å². The summed E-state index contributed by atoms with van der Waals surface area (Å²) in [4.78, 5) is 4.12. The first-order valence-corrected chi connectivity index (χ1v) is 6.55. The van der Waals surface area contributed by atoms with Crippen molar-refractivity contribution in [3.05, 3.63) is 64.7 Å². The summed E-state index contributed by atoms with van der Waals surface area (Å²) in [5.74, 6) is -0.210. The van der Waals surface area contributed by atoms with Gasteiger partial charge in [0.1, 0.15) is 5.82 Å². The zero-order chi connectivity index (χ0) is 13.8. The van der Waals surface area contributed by atoms with Crippen molar-refractivity contribution in [1.29, 1.82) is 0 Å². The lowest BCUT2D eigenvalue weighted by Crippen LogP contribution is -2.16. The topological polar surface area (TPSA) is 38.9 Å². The molecule has 0 aliphatic heterocycles. The molecule has 0 saturated heterocycles. The number of pyridine rings is 1. The molecule has 2 N–H and O–H groups in total. The lowest BCUT2D eigenvalue weighted by Gasteiger charge is -2.16. The van der Waals surface area contributed by atoms with Crippen LogP contribution in [0.15, 0.2) is 36.7 Å². The highest BCUT2D eigenvalue weighted by atomic mass is 19.1. The van der Waals surface area contributed by atoms with E-state index in [1.165, 1.54) is 6.07 Å². The second-order valence-electron chi connectivity index (χ2n) is 4.81. The number of aromatic nitrogens is 1. The molecule has 0 bridgehead atoms. The molecule has 2 aromatic rings. The molecule has 1 heterocycles. The molecule has 1 unspecified atom stereocenters. The molecule has 0 amide bonds. The van der Waals surface area contributed by atoms with Gasteiger partial charge in [0, 0.05) is 18.4 Å². The smallest absolute Gasteiger partial charge is 0.123 e. The van der Waals surface area contributed by atoms with E-state index >= 15 is 0 Å². The number of halogens is 1. The highest BCUT2D eigenvalue weighted by molar-refractivity contribution is 5.32. The van der Waals surface area contributed by atoms with Crippen LogP contribution in [0.4, 0.5) is 4.39 Å². The van der Waals surface area contributed by atoms with Crippen LogP contribution in [0, 0.1) is 12.7 Å². The van der Waals surface area contributed by atoms with Gasteiger partial charge in [-0.1, -0.05) is 13.0 Å². The molecule has 0 aliphatic rings. The van der Waals surface area contributed by atoms with Crippen LogP contribution >= 0.6 is 0 Å². The van der Waals surface area contributed by atoms with Gasteiger partial charge < -0.3 is 5.73 Å². The fourth-order valence-electron chi connectivity index (χ4n) is 2.30. The van der Waals surface area contributed by atoms with Crippen molar-refractivity contribution in [2.75, 3.05) is 0 Å². The Hall–Kier alpha value is -1.74. The monoisotopic (exact) mass is 258 g/mol. The van der Waals surface area contributed by atoms with Gasteiger partial charge in [-0.05, 0) is 60.2 Å². The van der Waals surface area contributed by atoms with E-state index in [0.29, 0.717) is 6.42 Å². The van der Waals surface area contributed by atoms with Crippen molar-refractivity contribution >= 4 is 0 Å². The molecule has 100 valence electrons. The number of nitrogens with zero attached hydrogens (tertiary/aromatic N) is 1. The summed E-state index contributed by atoms with van der Waals surface area (Å²) in [6.07, 6.45) is 5.15. The summed E-state index contributed by atoms with van der Waals surface area (Å²) in [6.45, 7) is 4.06. The maximum Gasteiger partial charge on any atom is 0.123 e. The van der Waals surface area contributed by atoms with Crippen molar-refractivity contribution < 1.29 is 4.39 Å². The molecule has 0 aliphatic carbocycles. The standard InChI is InChI=1S/C16H19FN2/c1-3-12-10-19-7-6-15(12)16(18)9-13-8-14(17)5-4-11(13)2/h4-8,10,16H,3,9,18H2,1-2H3. The maximum atomic E-state index is 13.3. The third-order valence-corrected chi connectivity index (χ3v) is 3.47. The number of nitrogens with two attached hydrogens (primary N) is 1. The molecule has 1 aromatic heterocycles. The Kier molecular flexibility index (Phi) is 4.27. The first-order chi connectivity index (χ1) is 9.11. The van der Waals surface area contributed by atoms with Gasteiger partial charge in [-0.15, -0.1) is 0 Å². The molecule has 3 heteroatoms. The summed E-state index contributed by atoms with van der Waals surface area (Å²) < 4.78 is 13.3. The zero-order valence-corrected chi connectivity index (χ0v) is 11.4. The second-order valence-corrected chi connectivity index (χ2v) is 4.81. The fourth-order valence-corrected chi connectivity index (χ4v) is 2.30. The largest absolute Gasteiger partial charge is 0.324 e. The average Bonchev–Trinajstić information content (AvgIpc) is 2.42. The Balaban J connectivity index is 2.25. The van der Waals surface area contributed by atoms with Gasteiger partial charge in [-0.2, -0.15) is 0 Å². The number of hydrogen-bond donors (Lipinski definition) is 1. The highest BCUT2D eigenvalue weighted by Crippen LogP contribution is 2.22. The number of hydrogen-bond acceptors (Lipinski definition) is 2.